The van der Waals surface area contributed by atoms with Crippen molar-refractivity contribution in [3.8, 4) is 5.75 Å². The first kappa shape index (κ1) is 11.3. The van der Waals surface area contributed by atoms with Crippen LogP contribution in [-0.2, 0) is 4.84 Å². The van der Waals surface area contributed by atoms with Gasteiger partial charge in [-0.05, 0) is 37.3 Å². The SMILES string of the molecule is COc1ccc(C2=CC(C)N(C(N)=O)O2)cc1. The van der Waals surface area contributed by atoms with Gasteiger partial charge in [-0.1, -0.05) is 0 Å². The minimum atomic E-state index is -0.600. The molecule has 5 heteroatoms. The summed E-state index contributed by atoms with van der Waals surface area (Å²) in [5.74, 6) is 1.39. The normalized spacial score (nSPS) is 18.6. The highest BCUT2D eigenvalue weighted by atomic mass is 16.7. The maximum Gasteiger partial charge on any atom is 0.348 e. The molecule has 0 saturated heterocycles. The molecule has 90 valence electrons. The Balaban J connectivity index is 2.18. The van der Waals surface area contributed by atoms with Gasteiger partial charge in [0.15, 0.2) is 5.76 Å². The molecule has 1 aliphatic heterocycles. The van der Waals surface area contributed by atoms with Crippen molar-refractivity contribution in [1.82, 2.24) is 5.06 Å². The molecule has 0 spiro atoms. The molecule has 1 aliphatic rings. The molecule has 1 aromatic carbocycles. The Morgan fingerprint density at radius 3 is 2.53 bits per heavy atom. The monoisotopic (exact) mass is 234 g/mol. The van der Waals surface area contributed by atoms with Gasteiger partial charge in [0.2, 0.25) is 0 Å². The van der Waals surface area contributed by atoms with Crippen LogP contribution in [0.3, 0.4) is 0 Å². The molecule has 1 atom stereocenters. The number of nitrogens with two attached hydrogens (primary N) is 1. The van der Waals surface area contributed by atoms with Crippen LogP contribution >= 0.6 is 0 Å². The minimum Gasteiger partial charge on any atom is -0.497 e. The lowest BCUT2D eigenvalue weighted by atomic mass is 10.1. The molecule has 0 aliphatic carbocycles. The summed E-state index contributed by atoms with van der Waals surface area (Å²) in [4.78, 5) is 16.4. The van der Waals surface area contributed by atoms with Gasteiger partial charge in [-0.2, -0.15) is 5.06 Å². The average molecular weight is 234 g/mol. The van der Waals surface area contributed by atoms with Crippen molar-refractivity contribution < 1.29 is 14.4 Å². The summed E-state index contributed by atoms with van der Waals surface area (Å²) < 4.78 is 5.07. The second-order valence-corrected chi connectivity index (χ2v) is 3.76. The zero-order chi connectivity index (χ0) is 12.4. The second kappa shape index (κ2) is 4.37. The molecule has 1 aromatic rings. The van der Waals surface area contributed by atoms with Crippen molar-refractivity contribution in [3.63, 3.8) is 0 Å². The molecule has 0 fully saturated rings. The molecule has 2 rings (SSSR count). The number of carbonyl (C=O) groups is 1. The highest BCUT2D eigenvalue weighted by Crippen LogP contribution is 2.27. The molecule has 1 unspecified atom stereocenters. The van der Waals surface area contributed by atoms with Crippen LogP contribution in [0, 0.1) is 0 Å². The van der Waals surface area contributed by atoms with Crippen LogP contribution in [0.25, 0.3) is 5.76 Å². The van der Waals surface area contributed by atoms with Gasteiger partial charge in [-0.15, -0.1) is 0 Å². The number of urea groups is 1. The Labute approximate surface area is 99.4 Å². The quantitative estimate of drug-likeness (QED) is 0.847. The third-order valence-electron chi connectivity index (χ3n) is 2.55. The first-order valence-electron chi connectivity index (χ1n) is 5.24. The lowest BCUT2D eigenvalue weighted by Gasteiger charge is -2.17. The van der Waals surface area contributed by atoms with E-state index in [1.807, 2.05) is 37.3 Å². The predicted molar refractivity (Wildman–Crippen MR) is 62.9 cm³/mol. The number of carbonyl (C=O) groups excluding carboxylic acids is 1. The second-order valence-electron chi connectivity index (χ2n) is 3.76. The Morgan fingerprint density at radius 1 is 1.41 bits per heavy atom. The Morgan fingerprint density at radius 2 is 2.06 bits per heavy atom. The molecule has 17 heavy (non-hydrogen) atoms. The molecule has 0 saturated carbocycles. The van der Waals surface area contributed by atoms with Gasteiger partial charge in [0.05, 0.1) is 13.2 Å². The van der Waals surface area contributed by atoms with Crippen LogP contribution in [0.4, 0.5) is 4.79 Å². The van der Waals surface area contributed by atoms with Crippen molar-refractivity contribution in [2.75, 3.05) is 7.11 Å². The fourth-order valence-corrected chi connectivity index (χ4v) is 1.66. The third kappa shape index (κ3) is 2.18. The highest BCUT2D eigenvalue weighted by Gasteiger charge is 2.27. The van der Waals surface area contributed by atoms with E-state index >= 15 is 0 Å². The lowest BCUT2D eigenvalue weighted by Crippen LogP contribution is -2.37. The summed E-state index contributed by atoms with van der Waals surface area (Å²) in [5.41, 5.74) is 6.06. The number of hydrogen-bond acceptors (Lipinski definition) is 3. The molecule has 5 nitrogen and oxygen atoms in total. The number of rotatable bonds is 2. The average Bonchev–Trinajstić information content (AvgIpc) is 2.71. The maximum atomic E-state index is 11.1. The van der Waals surface area contributed by atoms with Crippen LogP contribution in [0.2, 0.25) is 0 Å². The number of hydroxylamine groups is 2. The van der Waals surface area contributed by atoms with Gasteiger partial charge in [0.25, 0.3) is 0 Å². The first-order valence-corrected chi connectivity index (χ1v) is 5.24. The number of methoxy groups -OCH3 is 1. The largest absolute Gasteiger partial charge is 0.497 e. The van der Waals surface area contributed by atoms with Crippen molar-refractivity contribution in [1.29, 1.82) is 0 Å². The van der Waals surface area contributed by atoms with Gasteiger partial charge in [-0.25, -0.2) is 4.79 Å². The van der Waals surface area contributed by atoms with Crippen molar-refractivity contribution in [2.24, 2.45) is 5.73 Å². The number of hydrogen-bond donors (Lipinski definition) is 1. The molecule has 1 heterocycles. The Hall–Kier alpha value is -2.17. The number of nitrogens with zero attached hydrogens (tertiary/aromatic N) is 1. The van der Waals surface area contributed by atoms with E-state index in [4.69, 9.17) is 15.3 Å². The summed E-state index contributed by atoms with van der Waals surface area (Å²) >= 11 is 0. The molecule has 0 aromatic heterocycles. The van der Waals surface area contributed by atoms with E-state index in [1.54, 1.807) is 7.11 Å². The fraction of sp³-hybridized carbons (Fsp3) is 0.250. The third-order valence-corrected chi connectivity index (χ3v) is 2.55. The van der Waals surface area contributed by atoms with E-state index in [9.17, 15) is 4.79 Å². The van der Waals surface area contributed by atoms with Crippen molar-refractivity contribution in [2.45, 2.75) is 13.0 Å². The number of benzene rings is 1. The summed E-state index contributed by atoms with van der Waals surface area (Å²) in [5, 5.41) is 1.14. The number of amides is 2. The Bertz CT molecular complexity index is 453. The van der Waals surface area contributed by atoms with Gasteiger partial charge in [-0.3, -0.25) is 0 Å². The van der Waals surface area contributed by atoms with Gasteiger partial charge in [0, 0.05) is 5.56 Å². The van der Waals surface area contributed by atoms with Gasteiger partial charge < -0.3 is 15.3 Å². The molecule has 0 radical (unpaired) electrons. The summed E-state index contributed by atoms with van der Waals surface area (Å²) in [7, 11) is 1.61. The molecule has 0 bridgehead atoms. The predicted octanol–water partition coefficient (Wildman–Crippen LogP) is 1.75. The standard InChI is InChI=1S/C12H14N2O3/c1-8-7-11(17-14(8)12(13)15)9-3-5-10(16-2)6-4-9/h3-8H,1-2H3,(H2,13,15). The van der Waals surface area contributed by atoms with E-state index < -0.39 is 6.03 Å². The molecular formula is C12H14N2O3. The summed E-state index contributed by atoms with van der Waals surface area (Å²) in [6, 6.07) is 6.62. The van der Waals surface area contributed by atoms with Crippen LogP contribution in [0.5, 0.6) is 5.75 Å². The highest BCUT2D eigenvalue weighted by molar-refractivity contribution is 5.75. The molecular weight excluding hydrogens is 220 g/mol. The Kier molecular flexibility index (Phi) is 2.91. The van der Waals surface area contributed by atoms with Gasteiger partial charge in [0.1, 0.15) is 5.75 Å². The number of ether oxygens (including phenoxy) is 1. The molecule has 2 N–H and O–H groups in total. The van der Waals surface area contributed by atoms with E-state index in [0.717, 1.165) is 16.4 Å². The van der Waals surface area contributed by atoms with E-state index in [2.05, 4.69) is 0 Å². The maximum absolute atomic E-state index is 11.1. The summed E-state index contributed by atoms with van der Waals surface area (Å²) in [6.45, 7) is 1.83. The summed E-state index contributed by atoms with van der Waals surface area (Å²) in [6.07, 6.45) is 1.84. The van der Waals surface area contributed by atoms with Crippen molar-refractivity contribution >= 4 is 11.8 Å². The van der Waals surface area contributed by atoms with Crippen LogP contribution in [-0.4, -0.2) is 24.2 Å². The zero-order valence-electron chi connectivity index (χ0n) is 9.71. The van der Waals surface area contributed by atoms with E-state index in [-0.39, 0.29) is 6.04 Å². The smallest absolute Gasteiger partial charge is 0.348 e. The fourth-order valence-electron chi connectivity index (χ4n) is 1.66. The lowest BCUT2D eigenvalue weighted by molar-refractivity contribution is -0.0355. The van der Waals surface area contributed by atoms with E-state index in [0.29, 0.717) is 5.76 Å². The minimum absolute atomic E-state index is 0.162. The first-order chi connectivity index (χ1) is 8.11. The van der Waals surface area contributed by atoms with E-state index in [1.165, 1.54) is 0 Å². The van der Waals surface area contributed by atoms with Crippen LogP contribution in [0.1, 0.15) is 12.5 Å². The molecule has 2 amide bonds. The van der Waals surface area contributed by atoms with Crippen molar-refractivity contribution in [3.05, 3.63) is 35.9 Å². The van der Waals surface area contributed by atoms with Crippen LogP contribution < -0.4 is 10.5 Å². The number of primary amides is 1. The van der Waals surface area contributed by atoms with Gasteiger partial charge >= 0.3 is 6.03 Å². The topological polar surface area (TPSA) is 64.8 Å². The zero-order valence-corrected chi connectivity index (χ0v) is 9.71. The van der Waals surface area contributed by atoms with Crippen LogP contribution in [0.15, 0.2) is 30.3 Å².